The third-order valence-corrected chi connectivity index (χ3v) is 3.03. The van der Waals surface area contributed by atoms with Crippen LogP contribution in [-0.4, -0.2) is 19.0 Å². The maximum absolute atomic E-state index is 13.1. The molecule has 22 heavy (non-hydrogen) atoms. The van der Waals surface area contributed by atoms with Gasteiger partial charge in [-0.05, 0) is 36.4 Å². The van der Waals surface area contributed by atoms with Crippen molar-refractivity contribution < 1.29 is 27.8 Å². The largest absolute Gasteiger partial charge is 0.465 e. The third kappa shape index (κ3) is 3.40. The van der Waals surface area contributed by atoms with E-state index in [4.69, 9.17) is 16.3 Å². The van der Waals surface area contributed by atoms with Gasteiger partial charge in [-0.15, -0.1) is 0 Å². The lowest BCUT2D eigenvalue weighted by Crippen LogP contribution is -2.10. The fourth-order valence-electron chi connectivity index (χ4n) is 1.62. The number of ether oxygens (including phenoxy) is 2. The molecule has 114 valence electrons. The SMILES string of the molecule is COC(=O)c1ccc(OC(=O)c2cc(F)c(F)cc2Cl)cc1. The molecule has 0 atom stereocenters. The van der Waals surface area contributed by atoms with Crippen molar-refractivity contribution in [2.24, 2.45) is 0 Å². The summed E-state index contributed by atoms with van der Waals surface area (Å²) in [5.74, 6) is -3.75. The number of rotatable bonds is 3. The van der Waals surface area contributed by atoms with Gasteiger partial charge in [-0.2, -0.15) is 0 Å². The van der Waals surface area contributed by atoms with Crippen LogP contribution in [0.3, 0.4) is 0 Å². The van der Waals surface area contributed by atoms with Crippen LogP contribution in [0, 0.1) is 11.6 Å². The molecule has 0 radical (unpaired) electrons. The van der Waals surface area contributed by atoms with Gasteiger partial charge in [0.2, 0.25) is 0 Å². The lowest BCUT2D eigenvalue weighted by Gasteiger charge is -2.07. The van der Waals surface area contributed by atoms with Crippen LogP contribution in [0.4, 0.5) is 8.78 Å². The molecule has 0 saturated heterocycles. The molecule has 0 saturated carbocycles. The molecule has 0 amide bonds. The maximum Gasteiger partial charge on any atom is 0.345 e. The Morgan fingerprint density at radius 2 is 1.59 bits per heavy atom. The van der Waals surface area contributed by atoms with Gasteiger partial charge in [0.1, 0.15) is 5.75 Å². The molecule has 2 aromatic rings. The van der Waals surface area contributed by atoms with Gasteiger partial charge in [-0.25, -0.2) is 18.4 Å². The topological polar surface area (TPSA) is 52.6 Å². The molecule has 2 aromatic carbocycles. The predicted octanol–water partition coefficient (Wildman–Crippen LogP) is 3.62. The van der Waals surface area contributed by atoms with Crippen molar-refractivity contribution in [2.45, 2.75) is 0 Å². The van der Waals surface area contributed by atoms with Crippen LogP contribution < -0.4 is 4.74 Å². The highest BCUT2D eigenvalue weighted by molar-refractivity contribution is 6.33. The number of carbonyl (C=O) groups is 2. The summed E-state index contributed by atoms with van der Waals surface area (Å²) < 4.78 is 35.6. The van der Waals surface area contributed by atoms with Crippen LogP contribution in [0.2, 0.25) is 5.02 Å². The molecule has 0 aromatic heterocycles. The first-order valence-corrected chi connectivity index (χ1v) is 6.35. The molecular weight excluding hydrogens is 318 g/mol. The van der Waals surface area contributed by atoms with Crippen molar-refractivity contribution >= 4 is 23.5 Å². The van der Waals surface area contributed by atoms with Crippen molar-refractivity contribution in [1.82, 2.24) is 0 Å². The Morgan fingerprint density at radius 3 is 2.18 bits per heavy atom. The Labute approximate surface area is 129 Å². The van der Waals surface area contributed by atoms with E-state index in [0.717, 1.165) is 0 Å². The third-order valence-electron chi connectivity index (χ3n) is 2.72. The highest BCUT2D eigenvalue weighted by Crippen LogP contribution is 2.22. The molecule has 7 heteroatoms. The molecule has 0 aliphatic rings. The smallest absolute Gasteiger partial charge is 0.345 e. The summed E-state index contributed by atoms with van der Waals surface area (Å²) >= 11 is 5.68. The first-order chi connectivity index (χ1) is 10.4. The minimum atomic E-state index is -1.21. The number of carbonyl (C=O) groups excluding carboxylic acids is 2. The van der Waals surface area contributed by atoms with Gasteiger partial charge >= 0.3 is 11.9 Å². The van der Waals surface area contributed by atoms with E-state index in [-0.39, 0.29) is 21.9 Å². The molecule has 4 nitrogen and oxygen atoms in total. The van der Waals surface area contributed by atoms with Gasteiger partial charge in [0.15, 0.2) is 11.6 Å². The molecule has 0 bridgehead atoms. The summed E-state index contributed by atoms with van der Waals surface area (Å²) in [5.41, 5.74) is -0.0363. The lowest BCUT2D eigenvalue weighted by molar-refractivity contribution is 0.0600. The van der Waals surface area contributed by atoms with Crippen molar-refractivity contribution in [2.75, 3.05) is 7.11 Å². The van der Waals surface area contributed by atoms with Crippen LogP contribution in [0.5, 0.6) is 5.75 Å². The Bertz CT molecular complexity index is 729. The summed E-state index contributed by atoms with van der Waals surface area (Å²) in [6.45, 7) is 0. The van der Waals surface area contributed by atoms with Crippen molar-refractivity contribution in [3.05, 3.63) is 64.2 Å². The number of hydrogen-bond acceptors (Lipinski definition) is 4. The molecule has 0 aliphatic carbocycles. The lowest BCUT2D eigenvalue weighted by atomic mass is 10.2. The first kappa shape index (κ1) is 15.9. The average molecular weight is 327 g/mol. The molecule has 2 rings (SSSR count). The predicted molar refractivity (Wildman–Crippen MR) is 74.1 cm³/mol. The second kappa shape index (κ2) is 6.53. The molecule has 0 unspecified atom stereocenters. The van der Waals surface area contributed by atoms with Gasteiger partial charge in [0, 0.05) is 0 Å². The highest BCUT2D eigenvalue weighted by Gasteiger charge is 2.17. The number of halogens is 3. The van der Waals surface area contributed by atoms with E-state index in [0.29, 0.717) is 12.1 Å². The van der Waals surface area contributed by atoms with E-state index < -0.39 is 23.6 Å². The Morgan fingerprint density at radius 1 is 1.00 bits per heavy atom. The summed E-state index contributed by atoms with van der Waals surface area (Å²) in [4.78, 5) is 23.1. The van der Waals surface area contributed by atoms with Crippen molar-refractivity contribution in [3.63, 3.8) is 0 Å². The maximum atomic E-state index is 13.1. The van der Waals surface area contributed by atoms with Crippen LogP contribution in [-0.2, 0) is 4.74 Å². The monoisotopic (exact) mass is 326 g/mol. The summed E-state index contributed by atoms with van der Waals surface area (Å²) in [6.07, 6.45) is 0. The van der Waals surface area contributed by atoms with Crippen LogP contribution in [0.15, 0.2) is 36.4 Å². The van der Waals surface area contributed by atoms with Gasteiger partial charge in [0.05, 0.1) is 23.3 Å². The fourth-order valence-corrected chi connectivity index (χ4v) is 1.85. The zero-order valence-electron chi connectivity index (χ0n) is 11.2. The molecule has 0 heterocycles. The van der Waals surface area contributed by atoms with E-state index in [1.807, 2.05) is 0 Å². The van der Waals surface area contributed by atoms with Gasteiger partial charge < -0.3 is 9.47 Å². The number of benzene rings is 2. The Balaban J connectivity index is 2.19. The quantitative estimate of drug-likeness (QED) is 0.491. The molecule has 0 N–H and O–H groups in total. The second-order valence-electron chi connectivity index (χ2n) is 4.15. The zero-order chi connectivity index (χ0) is 16.3. The normalized spacial score (nSPS) is 10.2. The van der Waals surface area contributed by atoms with E-state index >= 15 is 0 Å². The molecular formula is C15H9ClF2O4. The minimum Gasteiger partial charge on any atom is -0.465 e. The van der Waals surface area contributed by atoms with E-state index in [2.05, 4.69) is 4.74 Å². The molecule has 0 aliphatic heterocycles. The van der Waals surface area contributed by atoms with E-state index in [1.54, 1.807) is 0 Å². The summed E-state index contributed by atoms with van der Waals surface area (Å²) in [5, 5.41) is -0.268. The van der Waals surface area contributed by atoms with Crippen LogP contribution in [0.25, 0.3) is 0 Å². The summed E-state index contributed by atoms with van der Waals surface area (Å²) in [7, 11) is 1.24. The second-order valence-corrected chi connectivity index (χ2v) is 4.56. The highest BCUT2D eigenvalue weighted by atomic mass is 35.5. The van der Waals surface area contributed by atoms with E-state index in [1.165, 1.54) is 31.4 Å². The number of hydrogen-bond donors (Lipinski definition) is 0. The van der Waals surface area contributed by atoms with E-state index in [9.17, 15) is 18.4 Å². The van der Waals surface area contributed by atoms with Gasteiger partial charge in [-0.1, -0.05) is 11.6 Å². The summed E-state index contributed by atoms with van der Waals surface area (Å²) in [6, 6.07) is 6.84. The number of esters is 2. The van der Waals surface area contributed by atoms with Gasteiger partial charge in [0.25, 0.3) is 0 Å². The van der Waals surface area contributed by atoms with Crippen LogP contribution >= 0.6 is 11.6 Å². The van der Waals surface area contributed by atoms with Crippen molar-refractivity contribution in [1.29, 1.82) is 0 Å². The molecule has 0 fully saturated rings. The number of methoxy groups -OCH3 is 1. The van der Waals surface area contributed by atoms with Crippen LogP contribution in [0.1, 0.15) is 20.7 Å². The standard InChI is InChI=1S/C15H9ClF2O4/c1-21-14(19)8-2-4-9(5-3-8)22-15(20)10-6-12(17)13(18)7-11(10)16/h2-7H,1H3. The zero-order valence-corrected chi connectivity index (χ0v) is 12.0. The Hall–Kier alpha value is -2.47. The fraction of sp³-hybridized carbons (Fsp3) is 0.0667. The van der Waals surface area contributed by atoms with Gasteiger partial charge in [-0.3, -0.25) is 0 Å². The van der Waals surface area contributed by atoms with Crippen molar-refractivity contribution in [3.8, 4) is 5.75 Å². The Kier molecular flexibility index (Phi) is 4.72. The first-order valence-electron chi connectivity index (χ1n) is 5.97. The average Bonchev–Trinajstić information content (AvgIpc) is 2.50. The molecule has 0 spiro atoms. The minimum absolute atomic E-state index is 0.110.